The summed E-state index contributed by atoms with van der Waals surface area (Å²) in [6, 6.07) is 0. The van der Waals surface area contributed by atoms with E-state index in [0.29, 0.717) is 5.78 Å². The van der Waals surface area contributed by atoms with Crippen molar-refractivity contribution in [3.05, 3.63) is 0 Å². The first-order valence-electron chi connectivity index (χ1n) is 2.91. The summed E-state index contributed by atoms with van der Waals surface area (Å²) in [6.07, 6.45) is 5.24. The van der Waals surface area contributed by atoms with Gasteiger partial charge in [0.2, 0.25) is 0 Å². The minimum absolute atomic E-state index is 0. The first-order valence-corrected chi connectivity index (χ1v) is 2.91. The molecule has 1 rings (SSSR count). The Labute approximate surface area is 64.7 Å². The molecule has 1 saturated carbocycles. The summed E-state index contributed by atoms with van der Waals surface area (Å²) in [5.74, 6) is 0.464. The maximum atomic E-state index is 10.5. The number of rotatable bonds is 0. The number of hydrogen-bond donors (Lipinski definition) is 0. The fourth-order valence-corrected chi connectivity index (χ4v) is 0.946. The molecule has 0 N–H and O–H groups in total. The molecular formula is C6H10OTi. The van der Waals surface area contributed by atoms with Gasteiger partial charge in [-0.05, 0) is 12.8 Å². The number of Topliss-reactive ketones (excluding diaryl/α,β-unsaturated/α-hetero) is 1. The molecule has 1 aliphatic rings. The zero-order chi connectivity index (χ0) is 5.11. The predicted octanol–water partition coefficient (Wildman–Crippen LogP) is 1.52. The molecule has 0 heterocycles. The molecule has 1 fully saturated rings. The average molecular weight is 146 g/mol. The van der Waals surface area contributed by atoms with Gasteiger partial charge in [0.1, 0.15) is 5.78 Å². The van der Waals surface area contributed by atoms with Gasteiger partial charge in [-0.15, -0.1) is 0 Å². The molecule has 0 radical (unpaired) electrons. The molecule has 0 unspecified atom stereocenters. The molecular weight excluding hydrogens is 136 g/mol. The Morgan fingerprint density at radius 2 is 1.50 bits per heavy atom. The second-order valence-corrected chi connectivity index (χ2v) is 2.10. The fourth-order valence-electron chi connectivity index (χ4n) is 0.946. The van der Waals surface area contributed by atoms with Crippen molar-refractivity contribution in [3.63, 3.8) is 0 Å². The van der Waals surface area contributed by atoms with Crippen molar-refractivity contribution in [1.29, 1.82) is 0 Å². The Kier molecular flexibility index (Phi) is 4.49. The van der Waals surface area contributed by atoms with E-state index in [1.165, 1.54) is 6.42 Å². The molecule has 0 amide bonds. The van der Waals surface area contributed by atoms with E-state index in [1.807, 2.05) is 0 Å². The first-order chi connectivity index (χ1) is 3.39. The second kappa shape index (κ2) is 4.28. The van der Waals surface area contributed by atoms with Crippen LogP contribution in [0.5, 0.6) is 0 Å². The number of hydrogen-bond acceptors (Lipinski definition) is 1. The van der Waals surface area contributed by atoms with Crippen LogP contribution in [0.4, 0.5) is 0 Å². The van der Waals surface area contributed by atoms with E-state index in [-0.39, 0.29) is 21.7 Å². The third-order valence-corrected chi connectivity index (χ3v) is 1.41. The third kappa shape index (κ3) is 2.63. The Hall–Kier alpha value is 0.384. The molecule has 1 nitrogen and oxygen atoms in total. The van der Waals surface area contributed by atoms with Crippen LogP contribution in [0.2, 0.25) is 0 Å². The van der Waals surface area contributed by atoms with Gasteiger partial charge in [-0.25, -0.2) is 0 Å². The van der Waals surface area contributed by atoms with Gasteiger partial charge in [0.25, 0.3) is 0 Å². The summed E-state index contributed by atoms with van der Waals surface area (Å²) < 4.78 is 0. The van der Waals surface area contributed by atoms with Crippen LogP contribution < -0.4 is 0 Å². The van der Waals surface area contributed by atoms with Gasteiger partial charge in [0.15, 0.2) is 0 Å². The van der Waals surface area contributed by atoms with Gasteiger partial charge in [0.05, 0.1) is 0 Å². The molecule has 0 atom stereocenters. The van der Waals surface area contributed by atoms with Gasteiger partial charge < -0.3 is 0 Å². The SMILES string of the molecule is O=C1CCCCC1.[Ti]. The van der Waals surface area contributed by atoms with Crippen molar-refractivity contribution in [2.24, 2.45) is 0 Å². The van der Waals surface area contributed by atoms with Crippen molar-refractivity contribution in [2.45, 2.75) is 32.1 Å². The van der Waals surface area contributed by atoms with Crippen LogP contribution in [0, 0.1) is 0 Å². The van der Waals surface area contributed by atoms with Crippen molar-refractivity contribution in [1.82, 2.24) is 0 Å². The topological polar surface area (TPSA) is 17.1 Å². The summed E-state index contributed by atoms with van der Waals surface area (Å²) in [7, 11) is 0. The molecule has 2 heteroatoms. The molecule has 1 aliphatic carbocycles. The van der Waals surface area contributed by atoms with E-state index in [1.54, 1.807) is 0 Å². The van der Waals surface area contributed by atoms with Crippen LogP contribution in [0.25, 0.3) is 0 Å². The monoisotopic (exact) mass is 146 g/mol. The normalized spacial score (nSPS) is 19.8. The molecule has 0 aromatic carbocycles. The first kappa shape index (κ1) is 8.38. The summed E-state index contributed by atoms with van der Waals surface area (Å²) in [4.78, 5) is 10.5. The van der Waals surface area contributed by atoms with Gasteiger partial charge in [-0.3, -0.25) is 4.79 Å². The van der Waals surface area contributed by atoms with Gasteiger partial charge in [-0.2, -0.15) is 0 Å². The average Bonchev–Trinajstić information content (AvgIpc) is 1.69. The van der Waals surface area contributed by atoms with E-state index in [4.69, 9.17) is 0 Å². The van der Waals surface area contributed by atoms with Crippen molar-refractivity contribution in [3.8, 4) is 0 Å². The predicted molar refractivity (Wildman–Crippen MR) is 28.1 cm³/mol. The van der Waals surface area contributed by atoms with Gasteiger partial charge >= 0.3 is 0 Å². The Balaban J connectivity index is 0.000000490. The van der Waals surface area contributed by atoms with E-state index in [2.05, 4.69) is 0 Å². The molecule has 44 valence electrons. The molecule has 8 heavy (non-hydrogen) atoms. The smallest absolute Gasteiger partial charge is 0.132 e. The van der Waals surface area contributed by atoms with E-state index < -0.39 is 0 Å². The fraction of sp³-hybridized carbons (Fsp3) is 0.833. The second-order valence-electron chi connectivity index (χ2n) is 2.10. The Morgan fingerprint density at radius 3 is 1.75 bits per heavy atom. The molecule has 0 aliphatic heterocycles. The van der Waals surface area contributed by atoms with Crippen molar-refractivity contribution < 1.29 is 26.5 Å². The van der Waals surface area contributed by atoms with Crippen LogP contribution in [-0.4, -0.2) is 5.78 Å². The summed E-state index contributed by atoms with van der Waals surface area (Å²) in [6.45, 7) is 0. The Bertz CT molecular complexity index is 72.6. The zero-order valence-electron chi connectivity index (χ0n) is 4.94. The summed E-state index contributed by atoms with van der Waals surface area (Å²) >= 11 is 0. The van der Waals surface area contributed by atoms with Gasteiger partial charge in [-0.1, -0.05) is 6.42 Å². The zero-order valence-corrected chi connectivity index (χ0v) is 6.51. The largest absolute Gasteiger partial charge is 0.300 e. The van der Waals surface area contributed by atoms with Crippen LogP contribution in [0.1, 0.15) is 32.1 Å². The number of carbonyl (C=O) groups excluding carboxylic acids is 1. The molecule has 0 bridgehead atoms. The maximum absolute atomic E-state index is 10.5. The molecule has 0 aromatic rings. The molecule has 0 aromatic heterocycles. The number of carbonyl (C=O) groups is 1. The van der Waals surface area contributed by atoms with Crippen LogP contribution in [-0.2, 0) is 26.5 Å². The quantitative estimate of drug-likeness (QED) is 0.473. The molecule has 0 spiro atoms. The summed E-state index contributed by atoms with van der Waals surface area (Å²) in [5, 5.41) is 0. The van der Waals surface area contributed by atoms with E-state index >= 15 is 0 Å². The van der Waals surface area contributed by atoms with Crippen LogP contribution in [0.15, 0.2) is 0 Å². The minimum Gasteiger partial charge on any atom is -0.300 e. The standard InChI is InChI=1S/C6H10O.Ti/c7-6-4-2-1-3-5-6;/h1-5H2;. The van der Waals surface area contributed by atoms with Crippen LogP contribution in [0.3, 0.4) is 0 Å². The van der Waals surface area contributed by atoms with Gasteiger partial charge in [0, 0.05) is 34.6 Å². The maximum Gasteiger partial charge on any atom is 0.132 e. The minimum atomic E-state index is 0. The number of ketones is 1. The van der Waals surface area contributed by atoms with E-state index in [9.17, 15) is 4.79 Å². The summed E-state index contributed by atoms with van der Waals surface area (Å²) in [5.41, 5.74) is 0. The van der Waals surface area contributed by atoms with E-state index in [0.717, 1.165) is 25.7 Å². The Morgan fingerprint density at radius 1 is 1.00 bits per heavy atom. The van der Waals surface area contributed by atoms with Crippen molar-refractivity contribution in [2.75, 3.05) is 0 Å². The van der Waals surface area contributed by atoms with Crippen molar-refractivity contribution >= 4 is 5.78 Å². The third-order valence-electron chi connectivity index (χ3n) is 1.41. The van der Waals surface area contributed by atoms with Crippen LogP contribution >= 0.6 is 0 Å². The molecule has 0 saturated heterocycles.